The molecular formula is C10H12I2. The van der Waals surface area contributed by atoms with E-state index in [1.165, 1.54) is 28.4 Å². The Hall–Kier alpha value is 0.680. The van der Waals surface area contributed by atoms with E-state index >= 15 is 0 Å². The van der Waals surface area contributed by atoms with Gasteiger partial charge >= 0.3 is 0 Å². The quantitative estimate of drug-likeness (QED) is 0.543. The van der Waals surface area contributed by atoms with Crippen LogP contribution in [0.15, 0.2) is 24.3 Å². The van der Waals surface area contributed by atoms with E-state index in [0.29, 0.717) is 0 Å². The summed E-state index contributed by atoms with van der Waals surface area (Å²) in [5.41, 5.74) is 2.90. The van der Waals surface area contributed by atoms with Crippen molar-refractivity contribution in [3.05, 3.63) is 35.4 Å². The zero-order valence-electron chi connectivity index (χ0n) is 6.89. The van der Waals surface area contributed by atoms with Crippen molar-refractivity contribution >= 4 is 45.2 Å². The molecule has 0 radical (unpaired) electrons. The van der Waals surface area contributed by atoms with Gasteiger partial charge in [-0.2, -0.15) is 0 Å². The van der Waals surface area contributed by atoms with Gasteiger partial charge in [0.2, 0.25) is 0 Å². The smallest absolute Gasteiger partial charge is 0.0247 e. The Morgan fingerprint density at radius 2 is 1.50 bits per heavy atom. The van der Waals surface area contributed by atoms with Crippen LogP contribution in [0.4, 0.5) is 0 Å². The van der Waals surface area contributed by atoms with E-state index in [2.05, 4.69) is 69.4 Å². The molecule has 1 aromatic rings. The molecule has 0 heterocycles. The lowest BCUT2D eigenvalue weighted by molar-refractivity contribution is 0.945. The maximum atomic E-state index is 2.43. The van der Waals surface area contributed by atoms with Crippen molar-refractivity contribution in [2.45, 2.75) is 17.3 Å². The largest absolute Gasteiger partial charge is 0.0864 e. The molecular weight excluding hydrogens is 374 g/mol. The molecule has 0 saturated heterocycles. The summed E-state index contributed by atoms with van der Waals surface area (Å²) in [5.74, 6) is 0. The molecule has 0 aliphatic rings. The minimum atomic E-state index is 1.12. The van der Waals surface area contributed by atoms with Crippen LogP contribution in [0.5, 0.6) is 0 Å². The Labute approximate surface area is 101 Å². The molecule has 1 rings (SSSR count). The maximum Gasteiger partial charge on any atom is 0.0247 e. The molecule has 0 saturated carbocycles. The Morgan fingerprint density at radius 1 is 0.917 bits per heavy atom. The SMILES string of the molecule is ICCCc1ccc(CI)cc1. The first-order valence-electron chi connectivity index (χ1n) is 4.06. The Morgan fingerprint density at radius 3 is 2.00 bits per heavy atom. The third kappa shape index (κ3) is 3.60. The van der Waals surface area contributed by atoms with Crippen molar-refractivity contribution in [2.75, 3.05) is 4.43 Å². The van der Waals surface area contributed by atoms with Gasteiger partial charge in [-0.1, -0.05) is 69.4 Å². The molecule has 12 heavy (non-hydrogen) atoms. The topological polar surface area (TPSA) is 0 Å². The molecule has 66 valence electrons. The van der Waals surface area contributed by atoms with Gasteiger partial charge in [-0.05, 0) is 28.4 Å². The molecule has 0 spiro atoms. The number of aryl methyl sites for hydroxylation is 1. The highest BCUT2D eigenvalue weighted by atomic mass is 127. The second-order valence-electron chi connectivity index (χ2n) is 2.74. The van der Waals surface area contributed by atoms with E-state index in [1.807, 2.05) is 0 Å². The predicted molar refractivity (Wildman–Crippen MR) is 71.4 cm³/mol. The number of benzene rings is 1. The summed E-state index contributed by atoms with van der Waals surface area (Å²) >= 11 is 4.82. The second-order valence-corrected chi connectivity index (χ2v) is 4.58. The second kappa shape index (κ2) is 6.18. The molecule has 0 nitrogen and oxygen atoms in total. The van der Waals surface area contributed by atoms with Gasteiger partial charge in [0, 0.05) is 4.43 Å². The van der Waals surface area contributed by atoms with E-state index in [-0.39, 0.29) is 0 Å². The number of hydrogen-bond acceptors (Lipinski definition) is 0. The van der Waals surface area contributed by atoms with Gasteiger partial charge in [0.25, 0.3) is 0 Å². The normalized spacial score (nSPS) is 10.2. The third-order valence-corrected chi connectivity index (χ3v) is 3.42. The van der Waals surface area contributed by atoms with Crippen molar-refractivity contribution < 1.29 is 0 Å². The monoisotopic (exact) mass is 386 g/mol. The fourth-order valence-electron chi connectivity index (χ4n) is 1.07. The molecule has 2 heteroatoms. The minimum Gasteiger partial charge on any atom is -0.0864 e. The first-order chi connectivity index (χ1) is 5.86. The Kier molecular flexibility index (Phi) is 5.54. The molecule has 0 bridgehead atoms. The van der Waals surface area contributed by atoms with Crippen LogP contribution in [-0.2, 0) is 10.8 Å². The van der Waals surface area contributed by atoms with Crippen LogP contribution in [-0.4, -0.2) is 4.43 Å². The van der Waals surface area contributed by atoms with Crippen molar-refractivity contribution in [2.24, 2.45) is 0 Å². The van der Waals surface area contributed by atoms with Crippen LogP contribution in [0.1, 0.15) is 17.5 Å². The van der Waals surface area contributed by atoms with Gasteiger partial charge in [-0.25, -0.2) is 0 Å². The Balaban J connectivity index is 2.53. The summed E-state index contributed by atoms with van der Waals surface area (Å²) in [6.07, 6.45) is 2.52. The third-order valence-electron chi connectivity index (χ3n) is 1.78. The number of halogens is 2. The molecule has 1 aromatic carbocycles. The lowest BCUT2D eigenvalue weighted by Gasteiger charge is -2.00. The first kappa shape index (κ1) is 10.8. The molecule has 0 amide bonds. The molecule has 0 aromatic heterocycles. The summed E-state index contributed by atoms with van der Waals surface area (Å²) in [6, 6.07) is 8.96. The zero-order chi connectivity index (χ0) is 8.81. The van der Waals surface area contributed by atoms with Gasteiger partial charge in [0.05, 0.1) is 0 Å². The molecule has 0 fully saturated rings. The van der Waals surface area contributed by atoms with E-state index < -0.39 is 0 Å². The van der Waals surface area contributed by atoms with Gasteiger partial charge in [0.1, 0.15) is 0 Å². The van der Waals surface area contributed by atoms with Gasteiger partial charge in [0.15, 0.2) is 0 Å². The summed E-state index contributed by atoms with van der Waals surface area (Å²) in [7, 11) is 0. The van der Waals surface area contributed by atoms with Crippen LogP contribution in [0, 0.1) is 0 Å². The average molecular weight is 386 g/mol. The summed E-state index contributed by atoms with van der Waals surface area (Å²) < 4.78 is 2.37. The Bertz CT molecular complexity index is 216. The van der Waals surface area contributed by atoms with Crippen molar-refractivity contribution in [3.63, 3.8) is 0 Å². The van der Waals surface area contributed by atoms with Gasteiger partial charge in [-0.15, -0.1) is 0 Å². The highest BCUT2D eigenvalue weighted by molar-refractivity contribution is 14.1. The average Bonchev–Trinajstić information content (AvgIpc) is 2.15. The zero-order valence-corrected chi connectivity index (χ0v) is 11.2. The highest BCUT2D eigenvalue weighted by Gasteiger charge is 1.92. The number of alkyl halides is 2. The van der Waals surface area contributed by atoms with Crippen LogP contribution in [0.25, 0.3) is 0 Å². The van der Waals surface area contributed by atoms with Crippen molar-refractivity contribution in [1.82, 2.24) is 0 Å². The molecule has 0 unspecified atom stereocenters. The molecule has 0 atom stereocenters. The highest BCUT2D eigenvalue weighted by Crippen LogP contribution is 2.10. The van der Waals surface area contributed by atoms with Crippen LogP contribution >= 0.6 is 45.2 Å². The lowest BCUT2D eigenvalue weighted by Crippen LogP contribution is -1.86. The van der Waals surface area contributed by atoms with Gasteiger partial charge in [-0.3, -0.25) is 0 Å². The fourth-order valence-corrected chi connectivity index (χ4v) is 1.96. The fraction of sp³-hybridized carbons (Fsp3) is 0.400. The van der Waals surface area contributed by atoms with Crippen LogP contribution < -0.4 is 0 Å². The number of hydrogen-bond donors (Lipinski definition) is 0. The van der Waals surface area contributed by atoms with Crippen LogP contribution in [0.2, 0.25) is 0 Å². The molecule has 0 aliphatic carbocycles. The van der Waals surface area contributed by atoms with Crippen molar-refractivity contribution in [1.29, 1.82) is 0 Å². The standard InChI is InChI=1S/C10H12I2/c11-7-1-2-9-3-5-10(8-12)6-4-9/h3-6H,1-2,7-8H2. The predicted octanol–water partition coefficient (Wildman–Crippen LogP) is 3.99. The van der Waals surface area contributed by atoms with Gasteiger partial charge < -0.3 is 0 Å². The number of rotatable bonds is 4. The summed E-state index contributed by atoms with van der Waals surface area (Å²) in [5, 5.41) is 0. The van der Waals surface area contributed by atoms with Crippen LogP contribution in [0.3, 0.4) is 0 Å². The van der Waals surface area contributed by atoms with E-state index in [4.69, 9.17) is 0 Å². The first-order valence-corrected chi connectivity index (χ1v) is 7.11. The lowest BCUT2D eigenvalue weighted by atomic mass is 10.1. The maximum absolute atomic E-state index is 2.43. The van der Waals surface area contributed by atoms with E-state index in [0.717, 1.165) is 4.43 Å². The summed E-state index contributed by atoms with van der Waals surface area (Å²) in [6.45, 7) is 0. The van der Waals surface area contributed by atoms with E-state index in [9.17, 15) is 0 Å². The van der Waals surface area contributed by atoms with E-state index in [1.54, 1.807) is 0 Å². The van der Waals surface area contributed by atoms with Crippen molar-refractivity contribution in [3.8, 4) is 0 Å². The molecule has 0 N–H and O–H groups in total. The summed E-state index contributed by atoms with van der Waals surface area (Å²) in [4.78, 5) is 0. The minimum absolute atomic E-state index is 1.12. The molecule has 0 aliphatic heterocycles.